The lowest BCUT2D eigenvalue weighted by Crippen LogP contribution is -2.52. The van der Waals surface area contributed by atoms with Gasteiger partial charge in [0.2, 0.25) is 0 Å². The number of aliphatic hydroxyl groups is 1. The summed E-state index contributed by atoms with van der Waals surface area (Å²) in [5.41, 5.74) is 6.28. The van der Waals surface area contributed by atoms with Crippen LogP contribution in [0.1, 0.15) is 84.8 Å². The van der Waals surface area contributed by atoms with E-state index in [1.54, 1.807) is 17.5 Å². The number of nitrogens with zero attached hydrogens (tertiary/aromatic N) is 1. The van der Waals surface area contributed by atoms with E-state index in [2.05, 4.69) is 38.8 Å². The van der Waals surface area contributed by atoms with Crippen molar-refractivity contribution in [2.75, 3.05) is 0 Å². The molecule has 2 fully saturated rings. The number of aliphatic hydroxyl groups excluding tert-OH is 1. The summed E-state index contributed by atoms with van der Waals surface area (Å²) >= 11 is 0. The minimum atomic E-state index is -0.129. The fraction of sp³-hybridized carbons (Fsp3) is 0.731. The fourth-order valence-electron chi connectivity index (χ4n) is 8.11. The molecule has 4 aliphatic carbocycles. The minimum absolute atomic E-state index is 0.129. The van der Waals surface area contributed by atoms with E-state index in [1.165, 1.54) is 31.3 Å². The molecule has 3 nitrogen and oxygen atoms in total. The van der Waals surface area contributed by atoms with Crippen molar-refractivity contribution < 1.29 is 9.52 Å². The van der Waals surface area contributed by atoms with E-state index in [0.29, 0.717) is 17.3 Å². The van der Waals surface area contributed by atoms with Crippen LogP contribution in [0.2, 0.25) is 0 Å². The monoisotopic (exact) mass is 395 g/mol. The Hall–Kier alpha value is -1.35. The van der Waals surface area contributed by atoms with Crippen LogP contribution in [0.15, 0.2) is 34.3 Å². The lowest BCUT2D eigenvalue weighted by atomic mass is 9.45. The molecule has 29 heavy (non-hydrogen) atoms. The summed E-state index contributed by atoms with van der Waals surface area (Å²) in [6, 6.07) is 0. The average Bonchev–Trinajstić information content (AvgIpc) is 3.32. The second-order valence-corrected chi connectivity index (χ2v) is 10.7. The Bertz CT molecular complexity index is 837. The zero-order valence-corrected chi connectivity index (χ0v) is 18.6. The maximum atomic E-state index is 10.4. The molecule has 3 heteroatoms. The highest BCUT2D eigenvalue weighted by molar-refractivity contribution is 5.73. The van der Waals surface area contributed by atoms with Crippen molar-refractivity contribution in [1.29, 1.82) is 0 Å². The molecule has 1 heterocycles. The summed E-state index contributed by atoms with van der Waals surface area (Å²) in [4.78, 5) is 4.60. The van der Waals surface area contributed by atoms with Gasteiger partial charge in [-0.25, -0.2) is 4.98 Å². The van der Waals surface area contributed by atoms with Crippen molar-refractivity contribution in [1.82, 2.24) is 4.98 Å². The highest BCUT2D eigenvalue weighted by Crippen LogP contribution is 2.68. The number of fused-ring (bicyclic) bond motifs is 5. The van der Waals surface area contributed by atoms with Gasteiger partial charge in [-0.15, -0.1) is 0 Å². The molecular weight excluding hydrogens is 358 g/mol. The van der Waals surface area contributed by atoms with E-state index in [9.17, 15) is 5.11 Å². The van der Waals surface area contributed by atoms with E-state index >= 15 is 0 Å². The van der Waals surface area contributed by atoms with Gasteiger partial charge < -0.3 is 9.52 Å². The second kappa shape index (κ2) is 6.83. The number of oxazole rings is 1. The molecule has 0 saturated heterocycles. The van der Waals surface area contributed by atoms with E-state index in [4.69, 9.17) is 4.42 Å². The van der Waals surface area contributed by atoms with Crippen molar-refractivity contribution in [3.05, 3.63) is 35.6 Å². The van der Waals surface area contributed by atoms with Gasteiger partial charge in [0.1, 0.15) is 12.0 Å². The third kappa shape index (κ3) is 2.69. The SMILES string of the molecule is CCC1=C(c2cocn2)[C@@]2(C)CC[C@H]3[C@@H]([C@@H](CC)C=C4C[C@@H](O)CC[C@@]43C)[C@@H]2C1. The van der Waals surface area contributed by atoms with Gasteiger partial charge in [-0.3, -0.25) is 0 Å². The molecule has 4 aliphatic rings. The molecule has 0 spiro atoms. The number of rotatable bonds is 3. The van der Waals surface area contributed by atoms with Crippen molar-refractivity contribution in [2.24, 2.45) is 34.5 Å². The normalized spacial score (nSPS) is 44.2. The van der Waals surface area contributed by atoms with Gasteiger partial charge >= 0.3 is 0 Å². The smallest absolute Gasteiger partial charge is 0.181 e. The van der Waals surface area contributed by atoms with Gasteiger partial charge in [0.05, 0.1) is 6.10 Å². The number of aromatic nitrogens is 1. The highest BCUT2D eigenvalue weighted by atomic mass is 16.3. The number of hydrogen-bond acceptors (Lipinski definition) is 3. The predicted octanol–water partition coefficient (Wildman–Crippen LogP) is 6.41. The molecule has 0 amide bonds. The number of hydrogen-bond donors (Lipinski definition) is 1. The Kier molecular flexibility index (Phi) is 4.62. The van der Waals surface area contributed by atoms with E-state index < -0.39 is 0 Å². The molecule has 5 rings (SSSR count). The van der Waals surface area contributed by atoms with Crippen molar-refractivity contribution in [2.45, 2.75) is 85.2 Å². The molecule has 0 aliphatic heterocycles. The average molecular weight is 396 g/mol. The molecular formula is C26H37NO2. The Morgan fingerprint density at radius 1 is 1.10 bits per heavy atom. The predicted molar refractivity (Wildman–Crippen MR) is 116 cm³/mol. The second-order valence-electron chi connectivity index (χ2n) is 10.7. The van der Waals surface area contributed by atoms with Gasteiger partial charge in [-0.2, -0.15) is 0 Å². The van der Waals surface area contributed by atoms with Crippen molar-refractivity contribution in [3.63, 3.8) is 0 Å². The van der Waals surface area contributed by atoms with Crippen LogP contribution in [-0.2, 0) is 0 Å². The standard InChI is InChI=1S/C26H37NO2/c1-5-16-11-18-13-19(28)7-9-25(18,3)20-8-10-26(4)21(23(16)20)12-17(6-2)24(26)22-14-29-15-27-22/h11,14-16,19-21,23,28H,5-10,12-13H2,1-4H3/t16-,19-,20-,21-,23+,25-,26-/m0/s1. The minimum Gasteiger partial charge on any atom is -0.451 e. The van der Waals surface area contributed by atoms with Crippen LogP contribution >= 0.6 is 0 Å². The van der Waals surface area contributed by atoms with Gasteiger partial charge in [0.25, 0.3) is 0 Å². The lowest BCUT2D eigenvalue weighted by molar-refractivity contribution is -0.0468. The van der Waals surface area contributed by atoms with Crippen molar-refractivity contribution >= 4 is 5.57 Å². The van der Waals surface area contributed by atoms with Crippen LogP contribution in [0.4, 0.5) is 0 Å². The van der Waals surface area contributed by atoms with Crippen LogP contribution in [0, 0.1) is 34.5 Å². The van der Waals surface area contributed by atoms with Crippen LogP contribution in [-0.4, -0.2) is 16.2 Å². The first-order valence-corrected chi connectivity index (χ1v) is 11.9. The molecule has 158 valence electrons. The summed E-state index contributed by atoms with van der Waals surface area (Å²) in [7, 11) is 0. The Balaban J connectivity index is 1.58. The molecule has 1 aromatic heterocycles. The summed E-state index contributed by atoms with van der Waals surface area (Å²) in [5.74, 6) is 2.85. The first kappa shape index (κ1) is 19.6. The van der Waals surface area contributed by atoms with Crippen LogP contribution in [0.5, 0.6) is 0 Å². The van der Waals surface area contributed by atoms with Gasteiger partial charge in [-0.1, -0.05) is 44.9 Å². The summed E-state index contributed by atoms with van der Waals surface area (Å²) in [6.45, 7) is 9.74. The van der Waals surface area contributed by atoms with E-state index in [-0.39, 0.29) is 11.5 Å². The third-order valence-corrected chi connectivity index (χ3v) is 9.61. The van der Waals surface area contributed by atoms with E-state index in [0.717, 1.165) is 43.2 Å². The Labute approximate surface area is 175 Å². The lowest BCUT2D eigenvalue weighted by Gasteiger charge is -2.59. The summed E-state index contributed by atoms with van der Waals surface area (Å²) in [6.07, 6.45) is 15.1. The largest absolute Gasteiger partial charge is 0.451 e. The van der Waals surface area contributed by atoms with Crippen LogP contribution in [0.25, 0.3) is 5.57 Å². The van der Waals surface area contributed by atoms with Gasteiger partial charge in [0, 0.05) is 0 Å². The molecule has 0 bridgehead atoms. The molecule has 0 radical (unpaired) electrons. The molecule has 7 atom stereocenters. The topological polar surface area (TPSA) is 46.3 Å². The molecule has 0 unspecified atom stereocenters. The number of allylic oxidation sites excluding steroid dienone is 3. The fourth-order valence-corrected chi connectivity index (χ4v) is 8.11. The summed E-state index contributed by atoms with van der Waals surface area (Å²) in [5, 5.41) is 10.4. The summed E-state index contributed by atoms with van der Waals surface area (Å²) < 4.78 is 5.41. The van der Waals surface area contributed by atoms with Gasteiger partial charge in [0.15, 0.2) is 6.39 Å². The van der Waals surface area contributed by atoms with Crippen LogP contribution < -0.4 is 0 Å². The Morgan fingerprint density at radius 3 is 2.59 bits per heavy atom. The maximum Gasteiger partial charge on any atom is 0.181 e. The van der Waals surface area contributed by atoms with E-state index in [1.807, 2.05) is 6.26 Å². The first-order valence-electron chi connectivity index (χ1n) is 11.9. The van der Waals surface area contributed by atoms with Crippen LogP contribution in [0.3, 0.4) is 0 Å². The first-order chi connectivity index (χ1) is 13.9. The molecule has 1 aromatic rings. The zero-order chi connectivity index (χ0) is 20.4. The van der Waals surface area contributed by atoms with Crippen molar-refractivity contribution in [3.8, 4) is 0 Å². The highest BCUT2D eigenvalue weighted by Gasteiger charge is 2.60. The Morgan fingerprint density at radius 2 is 1.90 bits per heavy atom. The molecule has 2 saturated carbocycles. The third-order valence-electron chi connectivity index (χ3n) is 9.61. The zero-order valence-electron chi connectivity index (χ0n) is 18.6. The molecule has 1 N–H and O–H groups in total. The van der Waals surface area contributed by atoms with Gasteiger partial charge in [-0.05, 0) is 91.4 Å². The quantitative estimate of drug-likeness (QED) is 0.602. The maximum absolute atomic E-state index is 10.4. The molecule has 0 aromatic carbocycles.